The van der Waals surface area contributed by atoms with Crippen molar-refractivity contribution in [3.63, 3.8) is 0 Å². The van der Waals surface area contributed by atoms with E-state index in [2.05, 4.69) is 10.4 Å². The lowest BCUT2D eigenvalue weighted by molar-refractivity contribution is -0.126. The second-order valence-electron chi connectivity index (χ2n) is 8.83. The molecule has 0 saturated carbocycles. The summed E-state index contributed by atoms with van der Waals surface area (Å²) in [5, 5.41) is 7.61. The molecule has 8 heteroatoms. The Labute approximate surface area is 203 Å². The summed E-state index contributed by atoms with van der Waals surface area (Å²) in [5.74, 6) is 0.624. The van der Waals surface area contributed by atoms with Gasteiger partial charge in [0.2, 0.25) is 5.91 Å². The highest BCUT2D eigenvalue weighted by Gasteiger charge is 2.49. The third-order valence-electron chi connectivity index (χ3n) is 6.28. The minimum Gasteiger partial charge on any atom is -0.497 e. The highest BCUT2D eigenvalue weighted by molar-refractivity contribution is 6.12. The molecule has 178 valence electrons. The Morgan fingerprint density at radius 3 is 2.63 bits per heavy atom. The van der Waals surface area contributed by atoms with Crippen LogP contribution in [0.4, 0.5) is 5.69 Å². The minimum atomic E-state index is -1.23. The van der Waals surface area contributed by atoms with Gasteiger partial charge in [0.05, 0.1) is 19.9 Å². The van der Waals surface area contributed by atoms with Crippen LogP contribution in [0.3, 0.4) is 0 Å². The van der Waals surface area contributed by atoms with E-state index in [0.29, 0.717) is 35.1 Å². The molecule has 1 atom stereocenters. The Hall–Kier alpha value is -4.33. The van der Waals surface area contributed by atoms with Crippen LogP contribution in [0.25, 0.3) is 11.5 Å². The zero-order chi connectivity index (χ0) is 24.6. The molecule has 4 aromatic rings. The second kappa shape index (κ2) is 8.79. The van der Waals surface area contributed by atoms with Crippen molar-refractivity contribution in [2.75, 3.05) is 12.0 Å². The number of furan rings is 1. The number of methoxy groups -OCH3 is 1. The van der Waals surface area contributed by atoms with Gasteiger partial charge in [-0.15, -0.1) is 0 Å². The average Bonchev–Trinajstić information content (AvgIpc) is 3.53. The van der Waals surface area contributed by atoms with Crippen LogP contribution in [0.5, 0.6) is 5.75 Å². The van der Waals surface area contributed by atoms with E-state index in [1.54, 1.807) is 72.3 Å². The molecule has 0 bridgehead atoms. The first-order valence-corrected chi connectivity index (χ1v) is 11.3. The molecule has 0 fully saturated rings. The van der Waals surface area contributed by atoms with E-state index in [-0.39, 0.29) is 18.4 Å². The van der Waals surface area contributed by atoms with E-state index in [0.717, 1.165) is 11.1 Å². The number of fused-ring (bicyclic) bond motifs is 1. The molecule has 0 unspecified atom stereocenters. The maximum absolute atomic E-state index is 13.8. The number of carbonyl (C=O) groups excluding carboxylic acids is 2. The number of aryl methyl sites for hydroxylation is 1. The number of rotatable bonds is 6. The van der Waals surface area contributed by atoms with E-state index in [1.165, 1.54) is 0 Å². The van der Waals surface area contributed by atoms with Crippen molar-refractivity contribution in [3.8, 4) is 17.2 Å². The van der Waals surface area contributed by atoms with Crippen molar-refractivity contribution < 1.29 is 18.7 Å². The van der Waals surface area contributed by atoms with Crippen LogP contribution in [-0.2, 0) is 17.9 Å². The van der Waals surface area contributed by atoms with Crippen LogP contribution in [-0.4, -0.2) is 34.2 Å². The fourth-order valence-electron chi connectivity index (χ4n) is 4.46. The number of ether oxygens (including phenoxy) is 1. The van der Waals surface area contributed by atoms with Gasteiger partial charge in [0.1, 0.15) is 22.7 Å². The maximum atomic E-state index is 13.8. The molecule has 0 aliphatic carbocycles. The van der Waals surface area contributed by atoms with Gasteiger partial charge in [0.15, 0.2) is 5.76 Å². The van der Waals surface area contributed by atoms with Gasteiger partial charge < -0.3 is 14.5 Å². The van der Waals surface area contributed by atoms with Crippen LogP contribution < -0.4 is 15.0 Å². The number of nitrogens with zero attached hydrogens (tertiary/aromatic N) is 3. The lowest BCUT2D eigenvalue weighted by Crippen LogP contribution is -2.64. The molecule has 3 heterocycles. The van der Waals surface area contributed by atoms with Crippen LogP contribution >= 0.6 is 0 Å². The third-order valence-corrected chi connectivity index (χ3v) is 6.28. The number of carbonyl (C=O) groups is 2. The van der Waals surface area contributed by atoms with Crippen molar-refractivity contribution in [1.82, 2.24) is 15.1 Å². The van der Waals surface area contributed by atoms with Crippen molar-refractivity contribution in [2.24, 2.45) is 0 Å². The van der Waals surface area contributed by atoms with Crippen molar-refractivity contribution in [2.45, 2.75) is 32.5 Å². The van der Waals surface area contributed by atoms with Gasteiger partial charge in [-0.05, 0) is 55.8 Å². The highest BCUT2D eigenvalue weighted by atomic mass is 16.5. The van der Waals surface area contributed by atoms with Crippen LogP contribution in [0.15, 0.2) is 77.4 Å². The first-order valence-electron chi connectivity index (χ1n) is 11.3. The van der Waals surface area contributed by atoms with Crippen LogP contribution in [0, 0.1) is 6.92 Å². The fourth-order valence-corrected chi connectivity index (χ4v) is 4.46. The predicted octanol–water partition coefficient (Wildman–Crippen LogP) is 4.20. The molecule has 1 N–H and O–H groups in total. The topological polar surface area (TPSA) is 89.6 Å². The lowest BCUT2D eigenvalue weighted by atomic mass is 9.93. The van der Waals surface area contributed by atoms with Gasteiger partial charge in [-0.3, -0.25) is 19.2 Å². The summed E-state index contributed by atoms with van der Waals surface area (Å²) in [7, 11) is 1.58. The summed E-state index contributed by atoms with van der Waals surface area (Å²) in [6, 6.07) is 20.3. The van der Waals surface area contributed by atoms with Crippen molar-refractivity contribution >= 4 is 17.5 Å². The van der Waals surface area contributed by atoms with Gasteiger partial charge in [-0.25, -0.2) is 0 Å². The van der Waals surface area contributed by atoms with Crippen LogP contribution in [0.1, 0.15) is 28.5 Å². The van der Waals surface area contributed by atoms with Gasteiger partial charge in [0, 0.05) is 18.3 Å². The van der Waals surface area contributed by atoms with Gasteiger partial charge in [0.25, 0.3) is 5.91 Å². The first-order chi connectivity index (χ1) is 16.9. The molecular formula is C27H26N4O4. The molecule has 8 nitrogen and oxygen atoms in total. The highest BCUT2D eigenvalue weighted by Crippen LogP contribution is 2.35. The van der Waals surface area contributed by atoms with E-state index < -0.39 is 5.54 Å². The number of amides is 2. The van der Waals surface area contributed by atoms with E-state index in [4.69, 9.17) is 9.15 Å². The summed E-state index contributed by atoms with van der Waals surface area (Å²) < 4.78 is 12.3. The largest absolute Gasteiger partial charge is 0.497 e. The SMILES string of the molecule is COc1ccc(N2C(=O)c3cc(-c4ccco4)nn3C[C@]2(C)C(=O)NCc2cccc(C)c2)cc1. The standard InChI is InChI=1S/C27H26N4O4/c1-18-6-4-7-19(14-18)16-28-26(33)27(2)17-30-23(15-22(29-30)24-8-5-13-35-24)25(32)31(27)20-9-11-21(34-3)12-10-20/h4-15H,16-17H2,1-3H3,(H,28,33)/t27-/m1/s1. The molecule has 0 saturated heterocycles. The molecule has 1 aliphatic rings. The number of hydrogen-bond donors (Lipinski definition) is 1. The Balaban J connectivity index is 1.53. The van der Waals surface area contributed by atoms with Crippen molar-refractivity contribution in [3.05, 3.63) is 89.8 Å². The van der Waals surface area contributed by atoms with Gasteiger partial charge in [-0.2, -0.15) is 5.10 Å². The molecule has 35 heavy (non-hydrogen) atoms. The molecule has 0 radical (unpaired) electrons. The molecule has 2 aromatic carbocycles. The molecule has 5 rings (SSSR count). The minimum absolute atomic E-state index is 0.181. The predicted molar refractivity (Wildman–Crippen MR) is 131 cm³/mol. The summed E-state index contributed by atoms with van der Waals surface area (Å²) in [6.07, 6.45) is 1.56. The lowest BCUT2D eigenvalue weighted by Gasteiger charge is -2.43. The van der Waals surface area contributed by atoms with Crippen molar-refractivity contribution in [1.29, 1.82) is 0 Å². The zero-order valence-electron chi connectivity index (χ0n) is 19.8. The molecule has 1 aliphatic heterocycles. The Morgan fingerprint density at radius 2 is 1.94 bits per heavy atom. The number of anilines is 1. The Morgan fingerprint density at radius 1 is 1.14 bits per heavy atom. The van der Waals surface area contributed by atoms with E-state index in [9.17, 15) is 9.59 Å². The summed E-state index contributed by atoms with van der Waals surface area (Å²) in [5.41, 5.74) is 2.39. The van der Waals surface area contributed by atoms with Gasteiger partial charge >= 0.3 is 0 Å². The normalized spacial score (nSPS) is 17.2. The quantitative estimate of drug-likeness (QED) is 0.456. The molecule has 2 aromatic heterocycles. The number of benzene rings is 2. The second-order valence-corrected chi connectivity index (χ2v) is 8.83. The average molecular weight is 471 g/mol. The maximum Gasteiger partial charge on any atom is 0.277 e. The third kappa shape index (κ3) is 4.07. The number of nitrogens with one attached hydrogen (secondary N) is 1. The molecule has 0 spiro atoms. The monoisotopic (exact) mass is 470 g/mol. The fraction of sp³-hybridized carbons (Fsp3) is 0.222. The summed E-state index contributed by atoms with van der Waals surface area (Å²) in [6.45, 7) is 4.30. The first kappa shape index (κ1) is 22.5. The molecular weight excluding hydrogens is 444 g/mol. The Kier molecular flexibility index (Phi) is 5.64. The van der Waals surface area contributed by atoms with Gasteiger partial charge in [-0.1, -0.05) is 29.8 Å². The smallest absolute Gasteiger partial charge is 0.277 e. The van der Waals surface area contributed by atoms with E-state index in [1.807, 2.05) is 31.2 Å². The van der Waals surface area contributed by atoms with Crippen LogP contribution in [0.2, 0.25) is 0 Å². The summed E-state index contributed by atoms with van der Waals surface area (Å²) >= 11 is 0. The molecule has 2 amide bonds. The van der Waals surface area contributed by atoms with E-state index >= 15 is 0 Å². The number of aromatic nitrogens is 2. The number of hydrogen-bond acceptors (Lipinski definition) is 5. The Bertz CT molecular complexity index is 1370. The zero-order valence-corrected chi connectivity index (χ0v) is 19.8. The summed E-state index contributed by atoms with van der Waals surface area (Å²) in [4.78, 5) is 29.0.